The van der Waals surface area contributed by atoms with Crippen molar-refractivity contribution >= 4 is 16.8 Å². The van der Waals surface area contributed by atoms with E-state index in [1.807, 2.05) is 6.92 Å². The van der Waals surface area contributed by atoms with Crippen LogP contribution < -0.4 is 0 Å². The van der Waals surface area contributed by atoms with E-state index in [0.717, 1.165) is 12.2 Å². The summed E-state index contributed by atoms with van der Waals surface area (Å²) in [6.45, 7) is 2.15. The number of ether oxygens (including phenoxy) is 1. The first-order chi connectivity index (χ1) is 9.13. The number of fused-ring (bicyclic) bond motifs is 2. The second-order valence-electron chi connectivity index (χ2n) is 4.54. The average molecular weight is 258 g/mol. The maximum Gasteiger partial charge on any atom is 0.134 e. The lowest BCUT2D eigenvalue weighted by Gasteiger charge is -2.21. The van der Waals surface area contributed by atoms with Gasteiger partial charge in [-0.3, -0.25) is 0 Å². The van der Waals surface area contributed by atoms with Gasteiger partial charge in [0.1, 0.15) is 23.9 Å². The van der Waals surface area contributed by atoms with E-state index in [4.69, 9.17) is 4.74 Å². The van der Waals surface area contributed by atoms with E-state index in [0.29, 0.717) is 16.5 Å². The highest BCUT2D eigenvalue weighted by Crippen LogP contribution is 2.46. The number of phenolic OH excluding ortho intramolecular Hbond substituents is 3. The lowest BCUT2D eigenvalue weighted by molar-refractivity contribution is 0.186. The smallest absolute Gasteiger partial charge is 0.134 e. The molecule has 0 saturated heterocycles. The summed E-state index contributed by atoms with van der Waals surface area (Å²) >= 11 is 0. The molecule has 4 heteroatoms. The van der Waals surface area contributed by atoms with Crippen molar-refractivity contribution in [3.63, 3.8) is 0 Å². The van der Waals surface area contributed by atoms with Gasteiger partial charge in [-0.2, -0.15) is 0 Å². The van der Waals surface area contributed by atoms with Crippen LogP contribution in [0.4, 0.5) is 0 Å². The minimum atomic E-state index is -0.0571. The van der Waals surface area contributed by atoms with Crippen molar-refractivity contribution in [1.29, 1.82) is 0 Å². The van der Waals surface area contributed by atoms with Crippen molar-refractivity contribution in [2.45, 2.75) is 20.0 Å². The molecule has 0 amide bonds. The predicted octanol–water partition coefficient (Wildman–Crippen LogP) is 3.24. The molecule has 0 aromatic heterocycles. The first kappa shape index (κ1) is 11.7. The van der Waals surface area contributed by atoms with Gasteiger partial charge in [0.05, 0.1) is 11.1 Å². The largest absolute Gasteiger partial charge is 0.507 e. The highest BCUT2D eigenvalue weighted by Gasteiger charge is 2.23. The SMILES string of the molecule is CCC1=Cc2c(c(O)c3c(O)cccc3c2O)CO1. The molecule has 1 aliphatic rings. The van der Waals surface area contributed by atoms with E-state index in [1.165, 1.54) is 6.07 Å². The minimum Gasteiger partial charge on any atom is -0.507 e. The van der Waals surface area contributed by atoms with Crippen molar-refractivity contribution in [3.8, 4) is 17.2 Å². The molecule has 3 N–H and O–H groups in total. The Bertz CT molecular complexity index is 701. The van der Waals surface area contributed by atoms with Gasteiger partial charge in [-0.15, -0.1) is 0 Å². The fourth-order valence-corrected chi connectivity index (χ4v) is 2.43. The van der Waals surface area contributed by atoms with Gasteiger partial charge in [-0.1, -0.05) is 19.1 Å². The molecule has 0 unspecified atom stereocenters. The fourth-order valence-electron chi connectivity index (χ4n) is 2.43. The summed E-state index contributed by atoms with van der Waals surface area (Å²) < 4.78 is 5.49. The standard InChI is InChI=1S/C15H14O4/c1-2-8-6-10-11(7-19-8)15(18)13-9(14(10)17)4-3-5-12(13)16/h3-6,16-18H,2,7H2,1H3. The normalized spacial score (nSPS) is 13.8. The summed E-state index contributed by atoms with van der Waals surface area (Å²) in [5.74, 6) is 0.736. The van der Waals surface area contributed by atoms with E-state index < -0.39 is 0 Å². The van der Waals surface area contributed by atoms with Crippen LogP contribution in [0.1, 0.15) is 24.5 Å². The number of allylic oxidation sites excluding steroid dienone is 1. The number of phenols is 3. The zero-order valence-electron chi connectivity index (χ0n) is 10.5. The molecule has 0 radical (unpaired) electrons. The molecule has 98 valence electrons. The van der Waals surface area contributed by atoms with Crippen LogP contribution in [-0.2, 0) is 11.3 Å². The van der Waals surface area contributed by atoms with Crippen LogP contribution in [0.5, 0.6) is 17.2 Å². The molecule has 4 nitrogen and oxygen atoms in total. The quantitative estimate of drug-likeness (QED) is 0.687. The van der Waals surface area contributed by atoms with Gasteiger partial charge in [-0.25, -0.2) is 0 Å². The maximum atomic E-state index is 10.3. The van der Waals surface area contributed by atoms with Gasteiger partial charge in [0.2, 0.25) is 0 Å². The molecule has 0 bridgehead atoms. The molecule has 1 aliphatic heterocycles. The summed E-state index contributed by atoms with van der Waals surface area (Å²) in [5.41, 5.74) is 1.07. The first-order valence-corrected chi connectivity index (χ1v) is 6.15. The van der Waals surface area contributed by atoms with Crippen molar-refractivity contribution in [2.24, 2.45) is 0 Å². The molecule has 0 saturated carbocycles. The van der Waals surface area contributed by atoms with E-state index in [-0.39, 0.29) is 29.2 Å². The lowest BCUT2D eigenvalue weighted by Crippen LogP contribution is -2.03. The monoisotopic (exact) mass is 258 g/mol. The Balaban J connectivity index is 2.42. The van der Waals surface area contributed by atoms with E-state index in [2.05, 4.69) is 0 Å². The molecule has 3 rings (SSSR count). The van der Waals surface area contributed by atoms with Gasteiger partial charge in [0, 0.05) is 22.9 Å². The Kier molecular flexibility index (Phi) is 2.52. The Morgan fingerprint density at radius 1 is 1.16 bits per heavy atom. The average Bonchev–Trinajstić information content (AvgIpc) is 2.44. The summed E-state index contributed by atoms with van der Waals surface area (Å²) in [5, 5.41) is 31.2. The maximum absolute atomic E-state index is 10.3. The third-order valence-electron chi connectivity index (χ3n) is 3.46. The summed E-state index contributed by atoms with van der Waals surface area (Å²) in [6, 6.07) is 4.77. The third kappa shape index (κ3) is 1.60. The predicted molar refractivity (Wildman–Crippen MR) is 72.0 cm³/mol. The van der Waals surface area contributed by atoms with Gasteiger partial charge < -0.3 is 20.1 Å². The summed E-state index contributed by atoms with van der Waals surface area (Å²) in [7, 11) is 0. The Morgan fingerprint density at radius 2 is 1.95 bits per heavy atom. The zero-order valence-corrected chi connectivity index (χ0v) is 10.5. The molecule has 1 heterocycles. The first-order valence-electron chi connectivity index (χ1n) is 6.15. The molecular formula is C15H14O4. The van der Waals surface area contributed by atoms with Crippen LogP contribution in [0, 0.1) is 0 Å². The lowest BCUT2D eigenvalue weighted by atomic mass is 9.95. The molecule has 0 atom stereocenters. The van der Waals surface area contributed by atoms with Crippen LogP contribution in [0.25, 0.3) is 16.8 Å². The third-order valence-corrected chi connectivity index (χ3v) is 3.46. The molecule has 0 aliphatic carbocycles. The van der Waals surface area contributed by atoms with Crippen LogP contribution in [0.15, 0.2) is 24.0 Å². The molecule has 0 spiro atoms. The van der Waals surface area contributed by atoms with Gasteiger partial charge in [-0.05, 0) is 12.1 Å². The Morgan fingerprint density at radius 3 is 2.68 bits per heavy atom. The van der Waals surface area contributed by atoms with E-state index in [9.17, 15) is 15.3 Å². The van der Waals surface area contributed by atoms with Gasteiger partial charge in [0.15, 0.2) is 0 Å². The number of rotatable bonds is 1. The minimum absolute atomic E-state index is 0.0349. The van der Waals surface area contributed by atoms with E-state index in [1.54, 1.807) is 18.2 Å². The molecular weight excluding hydrogens is 244 g/mol. The van der Waals surface area contributed by atoms with Crippen LogP contribution in [0.3, 0.4) is 0 Å². The second kappa shape index (κ2) is 4.09. The van der Waals surface area contributed by atoms with Crippen molar-refractivity contribution < 1.29 is 20.1 Å². The number of hydrogen-bond acceptors (Lipinski definition) is 4. The number of aromatic hydroxyl groups is 3. The fraction of sp³-hybridized carbons (Fsp3) is 0.200. The molecule has 2 aromatic rings. The van der Waals surface area contributed by atoms with Crippen LogP contribution in [0.2, 0.25) is 0 Å². The molecule has 19 heavy (non-hydrogen) atoms. The number of hydrogen-bond donors (Lipinski definition) is 3. The van der Waals surface area contributed by atoms with Crippen molar-refractivity contribution in [1.82, 2.24) is 0 Å². The summed E-state index contributed by atoms with van der Waals surface area (Å²) in [6.07, 6.45) is 2.45. The van der Waals surface area contributed by atoms with Gasteiger partial charge >= 0.3 is 0 Å². The van der Waals surface area contributed by atoms with Crippen molar-refractivity contribution in [2.75, 3.05) is 0 Å². The van der Waals surface area contributed by atoms with Crippen LogP contribution >= 0.6 is 0 Å². The molecule has 0 fully saturated rings. The summed E-state index contributed by atoms with van der Waals surface area (Å²) in [4.78, 5) is 0. The number of benzene rings is 2. The van der Waals surface area contributed by atoms with Gasteiger partial charge in [0.25, 0.3) is 0 Å². The second-order valence-corrected chi connectivity index (χ2v) is 4.54. The zero-order chi connectivity index (χ0) is 13.6. The van der Waals surface area contributed by atoms with E-state index >= 15 is 0 Å². The Hall–Kier alpha value is -2.36. The molecule has 2 aromatic carbocycles. The topological polar surface area (TPSA) is 69.9 Å². The highest BCUT2D eigenvalue weighted by molar-refractivity contribution is 6.01. The van der Waals surface area contributed by atoms with Crippen LogP contribution in [-0.4, -0.2) is 15.3 Å². The highest BCUT2D eigenvalue weighted by atomic mass is 16.5. The van der Waals surface area contributed by atoms with Crippen molar-refractivity contribution in [3.05, 3.63) is 35.1 Å². The Labute approximate surface area is 110 Å².